The molecule has 0 bridgehead atoms. The minimum atomic E-state index is 0.0496. The molecule has 0 saturated carbocycles. The molecule has 2 unspecified atom stereocenters. The summed E-state index contributed by atoms with van der Waals surface area (Å²) in [6.07, 6.45) is 2.97. The van der Waals surface area contributed by atoms with Crippen molar-refractivity contribution in [3.05, 3.63) is 58.2 Å². The van der Waals surface area contributed by atoms with Gasteiger partial charge >= 0.3 is 0 Å². The van der Waals surface area contributed by atoms with Gasteiger partial charge in [0.25, 0.3) is 0 Å². The van der Waals surface area contributed by atoms with Crippen LogP contribution in [0.3, 0.4) is 0 Å². The number of aromatic nitrogens is 1. The smallest absolute Gasteiger partial charge is 0.216 e. The van der Waals surface area contributed by atoms with E-state index in [2.05, 4.69) is 50.5 Å². The number of halogens is 1. The Hall–Kier alpha value is -1.39. The molecule has 1 aromatic heterocycles. The van der Waals surface area contributed by atoms with Crippen molar-refractivity contribution >= 4 is 15.9 Å². The van der Waals surface area contributed by atoms with Crippen LogP contribution in [0.2, 0.25) is 0 Å². The first-order valence-corrected chi connectivity index (χ1v) is 8.08. The van der Waals surface area contributed by atoms with Crippen LogP contribution in [0.4, 0.5) is 0 Å². The Bertz CT molecular complexity index is 597. The van der Waals surface area contributed by atoms with Gasteiger partial charge in [0.1, 0.15) is 6.10 Å². The molecule has 0 spiro atoms. The average Bonchev–Trinajstić information content (AvgIpc) is 3.01. The zero-order chi connectivity index (χ0) is 14.7. The number of nitrogens with one attached hydrogen (secondary N) is 1. The summed E-state index contributed by atoms with van der Waals surface area (Å²) in [7, 11) is 0. The van der Waals surface area contributed by atoms with Crippen LogP contribution in [0.25, 0.3) is 0 Å². The second-order valence-electron chi connectivity index (χ2n) is 5.48. The fourth-order valence-corrected chi connectivity index (χ4v) is 3.23. The highest BCUT2D eigenvalue weighted by Gasteiger charge is 2.28. The normalized spacial score (nSPS) is 19.4. The predicted octanol–water partition coefficient (Wildman–Crippen LogP) is 3.88. The molecule has 3 nitrogen and oxygen atoms in total. The van der Waals surface area contributed by atoms with Crippen molar-refractivity contribution in [2.75, 3.05) is 13.1 Å². The molecule has 1 aliphatic rings. The molecule has 4 heteroatoms. The van der Waals surface area contributed by atoms with Crippen molar-refractivity contribution in [1.29, 1.82) is 0 Å². The largest absolute Gasteiger partial charge is 0.469 e. The minimum absolute atomic E-state index is 0.0496. The van der Waals surface area contributed by atoms with Gasteiger partial charge in [-0.3, -0.25) is 0 Å². The van der Waals surface area contributed by atoms with Crippen LogP contribution in [0, 0.1) is 12.8 Å². The van der Waals surface area contributed by atoms with Crippen LogP contribution in [0.1, 0.15) is 23.7 Å². The lowest BCUT2D eigenvalue weighted by Crippen LogP contribution is -2.22. The molecular weight excluding hydrogens is 328 g/mol. The van der Waals surface area contributed by atoms with E-state index in [4.69, 9.17) is 4.74 Å². The van der Waals surface area contributed by atoms with Gasteiger partial charge in [-0.2, -0.15) is 0 Å². The molecule has 0 aliphatic carbocycles. The number of nitrogens with zero attached hydrogens (tertiary/aromatic N) is 1. The Labute approximate surface area is 133 Å². The summed E-state index contributed by atoms with van der Waals surface area (Å²) in [5, 5.41) is 3.42. The number of ether oxygens (including phenoxy) is 1. The number of rotatable bonds is 4. The maximum atomic E-state index is 6.30. The highest BCUT2D eigenvalue weighted by Crippen LogP contribution is 2.32. The molecular formula is C17H19BrN2O. The molecule has 1 aromatic carbocycles. The summed E-state index contributed by atoms with van der Waals surface area (Å²) in [5.74, 6) is 1.20. The van der Waals surface area contributed by atoms with E-state index in [-0.39, 0.29) is 6.10 Å². The van der Waals surface area contributed by atoms with E-state index in [1.54, 1.807) is 6.20 Å². The number of aryl methyl sites for hydroxylation is 1. The maximum Gasteiger partial charge on any atom is 0.216 e. The Kier molecular flexibility index (Phi) is 4.56. The Morgan fingerprint density at radius 1 is 1.33 bits per heavy atom. The van der Waals surface area contributed by atoms with Crippen molar-refractivity contribution in [2.45, 2.75) is 19.4 Å². The quantitative estimate of drug-likeness (QED) is 0.911. The van der Waals surface area contributed by atoms with E-state index in [0.29, 0.717) is 5.92 Å². The summed E-state index contributed by atoms with van der Waals surface area (Å²) in [6, 6.07) is 12.5. The summed E-state index contributed by atoms with van der Waals surface area (Å²) in [6.45, 7) is 4.08. The SMILES string of the molecule is Cc1cc(Br)cnc1OC(c1ccccc1)C1CCNC1. The third-order valence-corrected chi connectivity index (χ3v) is 4.32. The van der Waals surface area contributed by atoms with Crippen molar-refractivity contribution in [1.82, 2.24) is 10.3 Å². The molecule has 1 fully saturated rings. The van der Waals surface area contributed by atoms with Gasteiger partial charge in [0, 0.05) is 28.7 Å². The van der Waals surface area contributed by atoms with Crippen LogP contribution in [0.15, 0.2) is 47.1 Å². The second-order valence-corrected chi connectivity index (χ2v) is 6.39. The van der Waals surface area contributed by atoms with E-state index in [1.165, 1.54) is 5.56 Å². The number of benzene rings is 1. The first kappa shape index (κ1) is 14.5. The van der Waals surface area contributed by atoms with E-state index in [9.17, 15) is 0 Å². The topological polar surface area (TPSA) is 34.1 Å². The Morgan fingerprint density at radius 2 is 2.14 bits per heavy atom. The van der Waals surface area contributed by atoms with Crippen LogP contribution in [0.5, 0.6) is 5.88 Å². The lowest BCUT2D eigenvalue weighted by Gasteiger charge is -2.25. The van der Waals surface area contributed by atoms with Crippen LogP contribution in [-0.4, -0.2) is 18.1 Å². The number of pyridine rings is 1. The first-order chi connectivity index (χ1) is 10.2. The van der Waals surface area contributed by atoms with Crippen molar-refractivity contribution in [3.8, 4) is 5.88 Å². The number of hydrogen-bond acceptors (Lipinski definition) is 3. The van der Waals surface area contributed by atoms with Gasteiger partial charge in [0.2, 0.25) is 5.88 Å². The molecule has 2 aromatic rings. The minimum Gasteiger partial charge on any atom is -0.469 e. The molecule has 21 heavy (non-hydrogen) atoms. The molecule has 1 N–H and O–H groups in total. The molecule has 3 rings (SSSR count). The lowest BCUT2D eigenvalue weighted by molar-refractivity contribution is 0.137. The van der Waals surface area contributed by atoms with Gasteiger partial charge in [-0.05, 0) is 47.4 Å². The zero-order valence-electron chi connectivity index (χ0n) is 12.1. The van der Waals surface area contributed by atoms with E-state index < -0.39 is 0 Å². The average molecular weight is 347 g/mol. The standard InChI is InChI=1S/C17H19BrN2O/c1-12-9-15(18)11-20-17(12)21-16(14-7-8-19-10-14)13-5-3-2-4-6-13/h2-6,9,11,14,16,19H,7-8,10H2,1H3. The Morgan fingerprint density at radius 3 is 2.81 bits per heavy atom. The van der Waals surface area contributed by atoms with Gasteiger partial charge < -0.3 is 10.1 Å². The van der Waals surface area contributed by atoms with E-state index >= 15 is 0 Å². The van der Waals surface area contributed by atoms with Crippen LogP contribution in [-0.2, 0) is 0 Å². The summed E-state index contributed by atoms with van der Waals surface area (Å²) < 4.78 is 7.28. The summed E-state index contributed by atoms with van der Waals surface area (Å²) >= 11 is 3.45. The van der Waals surface area contributed by atoms with Gasteiger partial charge in [-0.1, -0.05) is 30.3 Å². The van der Waals surface area contributed by atoms with E-state index in [0.717, 1.165) is 35.4 Å². The molecule has 2 atom stereocenters. The third-order valence-electron chi connectivity index (χ3n) is 3.89. The second kappa shape index (κ2) is 6.58. The number of hydrogen-bond donors (Lipinski definition) is 1. The highest BCUT2D eigenvalue weighted by atomic mass is 79.9. The summed E-state index contributed by atoms with van der Waals surface area (Å²) in [5.41, 5.74) is 2.27. The van der Waals surface area contributed by atoms with Gasteiger partial charge in [0.05, 0.1) is 0 Å². The van der Waals surface area contributed by atoms with Crippen LogP contribution >= 0.6 is 15.9 Å². The molecule has 0 amide bonds. The Balaban J connectivity index is 1.88. The molecule has 1 saturated heterocycles. The summed E-state index contributed by atoms with van der Waals surface area (Å²) in [4.78, 5) is 4.43. The van der Waals surface area contributed by atoms with Gasteiger partial charge in [-0.15, -0.1) is 0 Å². The third kappa shape index (κ3) is 3.44. The predicted molar refractivity (Wildman–Crippen MR) is 87.5 cm³/mol. The highest BCUT2D eigenvalue weighted by molar-refractivity contribution is 9.10. The van der Waals surface area contributed by atoms with Gasteiger partial charge in [-0.25, -0.2) is 4.98 Å². The molecule has 110 valence electrons. The fourth-order valence-electron chi connectivity index (χ4n) is 2.79. The maximum absolute atomic E-state index is 6.30. The van der Waals surface area contributed by atoms with Crippen LogP contribution < -0.4 is 10.1 Å². The van der Waals surface area contributed by atoms with Gasteiger partial charge in [0.15, 0.2) is 0 Å². The molecule has 1 aliphatic heterocycles. The van der Waals surface area contributed by atoms with Crippen molar-refractivity contribution in [2.24, 2.45) is 5.92 Å². The monoisotopic (exact) mass is 346 g/mol. The lowest BCUT2D eigenvalue weighted by atomic mass is 9.95. The van der Waals surface area contributed by atoms with Crippen molar-refractivity contribution in [3.63, 3.8) is 0 Å². The molecule has 2 heterocycles. The zero-order valence-corrected chi connectivity index (χ0v) is 13.6. The first-order valence-electron chi connectivity index (χ1n) is 7.28. The van der Waals surface area contributed by atoms with E-state index in [1.807, 2.05) is 19.1 Å². The van der Waals surface area contributed by atoms with Crippen molar-refractivity contribution < 1.29 is 4.74 Å². The fraction of sp³-hybridized carbons (Fsp3) is 0.353. The molecule has 0 radical (unpaired) electrons.